The second-order valence-electron chi connectivity index (χ2n) is 4.30. The molecule has 1 atom stereocenters. The van der Waals surface area contributed by atoms with Crippen molar-refractivity contribution in [3.8, 4) is 0 Å². The van der Waals surface area contributed by atoms with Gasteiger partial charge in [-0.25, -0.2) is 5.84 Å². The largest absolute Gasteiger partial charge is 0.353 e. The Labute approximate surface area is 92.7 Å². The van der Waals surface area contributed by atoms with Gasteiger partial charge in [-0.05, 0) is 32.6 Å². The third-order valence-corrected chi connectivity index (χ3v) is 3.17. The smallest absolute Gasteiger partial charge is 0.205 e. The van der Waals surface area contributed by atoms with E-state index in [1.807, 2.05) is 6.92 Å². The number of nitrogens with one attached hydrogen (secondary N) is 2. The van der Waals surface area contributed by atoms with Crippen molar-refractivity contribution in [2.75, 3.05) is 6.54 Å². The minimum atomic E-state index is 0.464. The molecule has 0 aromatic rings. The van der Waals surface area contributed by atoms with Crippen LogP contribution in [0, 0.1) is 5.92 Å². The minimum Gasteiger partial charge on any atom is -0.353 e. The molecular formula is C11H24N4. The molecule has 0 spiro atoms. The van der Waals surface area contributed by atoms with Gasteiger partial charge in [-0.1, -0.05) is 19.3 Å². The highest BCUT2D eigenvalue weighted by atomic mass is 15.3. The minimum absolute atomic E-state index is 0.464. The molecule has 0 heterocycles. The number of hydrogen-bond donors (Lipinski definition) is 3. The Kier molecular flexibility index (Phi) is 5.47. The molecule has 4 heteroatoms. The molecule has 0 saturated heterocycles. The van der Waals surface area contributed by atoms with Crippen molar-refractivity contribution in [2.45, 2.75) is 52.0 Å². The zero-order valence-electron chi connectivity index (χ0n) is 9.92. The Hall–Kier alpha value is -0.770. The average molecular weight is 212 g/mol. The zero-order chi connectivity index (χ0) is 11.1. The van der Waals surface area contributed by atoms with Crippen LogP contribution < -0.4 is 16.6 Å². The molecule has 0 aromatic carbocycles. The molecule has 4 nitrogen and oxygen atoms in total. The van der Waals surface area contributed by atoms with E-state index in [0.717, 1.165) is 18.4 Å². The van der Waals surface area contributed by atoms with Gasteiger partial charge in [-0.2, -0.15) is 0 Å². The van der Waals surface area contributed by atoms with Gasteiger partial charge in [0.2, 0.25) is 5.96 Å². The number of aliphatic imine (C=N–C) groups is 1. The highest BCUT2D eigenvalue weighted by Gasteiger charge is 2.20. The first-order valence-electron chi connectivity index (χ1n) is 6.05. The number of hydrazine groups is 1. The Bertz CT molecular complexity index is 197. The van der Waals surface area contributed by atoms with Gasteiger partial charge in [0.15, 0.2) is 0 Å². The lowest BCUT2D eigenvalue weighted by Crippen LogP contribution is -2.48. The predicted molar refractivity (Wildman–Crippen MR) is 64.5 cm³/mol. The molecule has 1 rings (SSSR count). The van der Waals surface area contributed by atoms with E-state index in [1.165, 1.54) is 32.1 Å². The van der Waals surface area contributed by atoms with Gasteiger partial charge in [-0.3, -0.25) is 10.4 Å². The molecule has 15 heavy (non-hydrogen) atoms. The Morgan fingerprint density at radius 3 is 2.60 bits per heavy atom. The first-order chi connectivity index (χ1) is 7.27. The van der Waals surface area contributed by atoms with Gasteiger partial charge in [-0.15, -0.1) is 0 Å². The second-order valence-corrected chi connectivity index (χ2v) is 4.30. The molecule has 0 radical (unpaired) electrons. The van der Waals surface area contributed by atoms with E-state index in [0.29, 0.717) is 6.04 Å². The van der Waals surface area contributed by atoms with E-state index in [2.05, 4.69) is 22.7 Å². The molecule has 88 valence electrons. The quantitative estimate of drug-likeness (QED) is 0.287. The predicted octanol–water partition coefficient (Wildman–Crippen LogP) is 1.38. The first kappa shape index (κ1) is 12.3. The van der Waals surface area contributed by atoms with Crippen LogP contribution in [0.15, 0.2) is 4.99 Å². The maximum absolute atomic E-state index is 5.39. The van der Waals surface area contributed by atoms with Crippen LogP contribution in [0.25, 0.3) is 0 Å². The first-order valence-corrected chi connectivity index (χ1v) is 6.05. The van der Waals surface area contributed by atoms with Crippen LogP contribution in [-0.2, 0) is 0 Å². The molecule has 1 fully saturated rings. The van der Waals surface area contributed by atoms with Crippen LogP contribution in [0.4, 0.5) is 0 Å². The van der Waals surface area contributed by atoms with Gasteiger partial charge < -0.3 is 5.32 Å². The Morgan fingerprint density at radius 2 is 2.07 bits per heavy atom. The fourth-order valence-corrected chi connectivity index (χ4v) is 2.26. The molecule has 0 bridgehead atoms. The van der Waals surface area contributed by atoms with E-state index in [9.17, 15) is 0 Å². The maximum atomic E-state index is 5.39. The summed E-state index contributed by atoms with van der Waals surface area (Å²) < 4.78 is 0. The monoisotopic (exact) mass is 212 g/mol. The molecule has 1 saturated carbocycles. The van der Waals surface area contributed by atoms with Crippen molar-refractivity contribution in [1.82, 2.24) is 10.7 Å². The van der Waals surface area contributed by atoms with Crippen LogP contribution >= 0.6 is 0 Å². The highest BCUT2D eigenvalue weighted by Crippen LogP contribution is 2.26. The van der Waals surface area contributed by atoms with Gasteiger partial charge in [0.25, 0.3) is 0 Å². The average Bonchev–Trinajstić information content (AvgIpc) is 2.29. The third-order valence-electron chi connectivity index (χ3n) is 3.17. The summed E-state index contributed by atoms with van der Waals surface area (Å²) in [6.07, 6.45) is 6.80. The van der Waals surface area contributed by atoms with E-state index < -0.39 is 0 Å². The number of guanidine groups is 1. The number of hydrogen-bond acceptors (Lipinski definition) is 2. The van der Waals surface area contributed by atoms with Crippen molar-refractivity contribution in [1.29, 1.82) is 0 Å². The van der Waals surface area contributed by atoms with E-state index in [4.69, 9.17) is 5.84 Å². The van der Waals surface area contributed by atoms with Crippen molar-refractivity contribution < 1.29 is 0 Å². The van der Waals surface area contributed by atoms with E-state index in [-0.39, 0.29) is 0 Å². The summed E-state index contributed by atoms with van der Waals surface area (Å²) in [5.74, 6) is 6.88. The van der Waals surface area contributed by atoms with Crippen LogP contribution in [0.1, 0.15) is 46.0 Å². The van der Waals surface area contributed by atoms with Crippen LogP contribution in [0.3, 0.4) is 0 Å². The Morgan fingerprint density at radius 1 is 1.40 bits per heavy atom. The molecule has 0 aliphatic heterocycles. The Balaban J connectivity index is 2.38. The summed E-state index contributed by atoms with van der Waals surface area (Å²) in [7, 11) is 0. The normalized spacial score (nSPS) is 21.1. The summed E-state index contributed by atoms with van der Waals surface area (Å²) in [6.45, 7) is 4.98. The fourth-order valence-electron chi connectivity index (χ4n) is 2.26. The van der Waals surface area contributed by atoms with Gasteiger partial charge in [0, 0.05) is 12.6 Å². The van der Waals surface area contributed by atoms with Gasteiger partial charge >= 0.3 is 0 Å². The van der Waals surface area contributed by atoms with Crippen LogP contribution in [0.5, 0.6) is 0 Å². The van der Waals surface area contributed by atoms with Crippen molar-refractivity contribution in [3.05, 3.63) is 0 Å². The fraction of sp³-hybridized carbons (Fsp3) is 0.909. The number of nitrogens with two attached hydrogens (primary N) is 1. The lowest BCUT2D eigenvalue weighted by molar-refractivity contribution is 0.300. The molecule has 1 aliphatic rings. The van der Waals surface area contributed by atoms with E-state index >= 15 is 0 Å². The zero-order valence-corrected chi connectivity index (χ0v) is 9.92. The molecule has 4 N–H and O–H groups in total. The van der Waals surface area contributed by atoms with Crippen molar-refractivity contribution in [3.63, 3.8) is 0 Å². The third kappa shape index (κ3) is 4.08. The summed E-state index contributed by atoms with van der Waals surface area (Å²) >= 11 is 0. The maximum Gasteiger partial charge on any atom is 0.205 e. The second kappa shape index (κ2) is 6.67. The van der Waals surface area contributed by atoms with Crippen LogP contribution in [-0.4, -0.2) is 18.5 Å². The van der Waals surface area contributed by atoms with Crippen molar-refractivity contribution in [2.24, 2.45) is 16.8 Å². The summed E-state index contributed by atoms with van der Waals surface area (Å²) in [4.78, 5) is 4.25. The topological polar surface area (TPSA) is 62.4 Å². The standard InChI is InChI=1S/C11H24N4/c1-3-13-11(15-12)14-9(2)10-7-5-4-6-8-10/h9-10H,3-8,12H2,1-2H3,(H2,13,14,15). The van der Waals surface area contributed by atoms with Crippen LogP contribution in [0.2, 0.25) is 0 Å². The summed E-state index contributed by atoms with van der Waals surface area (Å²) in [5.41, 5.74) is 2.61. The SMILES string of the molecule is CCN=C(NN)NC(C)C1CCCCC1. The van der Waals surface area contributed by atoms with Gasteiger partial charge in [0.05, 0.1) is 0 Å². The molecular weight excluding hydrogens is 188 g/mol. The molecule has 0 amide bonds. The van der Waals surface area contributed by atoms with Crippen molar-refractivity contribution >= 4 is 5.96 Å². The lowest BCUT2D eigenvalue weighted by atomic mass is 9.85. The molecule has 1 unspecified atom stereocenters. The highest BCUT2D eigenvalue weighted by molar-refractivity contribution is 5.79. The summed E-state index contributed by atoms with van der Waals surface area (Å²) in [5, 5.41) is 3.35. The van der Waals surface area contributed by atoms with E-state index in [1.54, 1.807) is 0 Å². The molecule has 0 aromatic heterocycles. The van der Waals surface area contributed by atoms with Gasteiger partial charge in [0.1, 0.15) is 0 Å². The number of rotatable bonds is 3. The molecule has 1 aliphatic carbocycles. The summed E-state index contributed by atoms with van der Waals surface area (Å²) in [6, 6.07) is 0.464. The lowest BCUT2D eigenvalue weighted by Gasteiger charge is -2.29. The number of nitrogens with zero attached hydrogens (tertiary/aromatic N) is 1.